The molecule has 2 aromatic carbocycles. The smallest absolute Gasteiger partial charge is 0.328 e. The summed E-state index contributed by atoms with van der Waals surface area (Å²) < 4.78 is 25.0. The number of hydrogen-bond donors (Lipinski definition) is 1. The molecule has 0 saturated carbocycles. The second-order valence-electron chi connectivity index (χ2n) is 8.40. The standard InChI is InChI=1S/C25H27FN4O5/c1-34-14-22(31)28-18-11-19(24(32)30-10-4-3-5-21(30)25(33)35-2)23-20(12-18)27-15-29(23)13-16-6-8-17(26)9-7-16/h6-9,11-12,15,21H,3-5,10,13-14H2,1-2H3,(H,28,31)/t21-/m1/s1. The molecular formula is C25H27FN4O5. The lowest BCUT2D eigenvalue weighted by Crippen LogP contribution is -2.48. The second kappa shape index (κ2) is 10.6. The number of carbonyl (C=O) groups is 3. The predicted octanol–water partition coefficient (Wildman–Crippen LogP) is 2.98. The summed E-state index contributed by atoms with van der Waals surface area (Å²) in [6.07, 6.45) is 3.69. The van der Waals surface area contributed by atoms with Crippen LogP contribution in [0, 0.1) is 5.82 Å². The molecule has 1 N–H and O–H groups in total. The van der Waals surface area contributed by atoms with Gasteiger partial charge in [-0.15, -0.1) is 0 Å². The highest BCUT2D eigenvalue weighted by atomic mass is 19.1. The minimum Gasteiger partial charge on any atom is -0.467 e. The van der Waals surface area contributed by atoms with Gasteiger partial charge in [-0.25, -0.2) is 14.2 Å². The van der Waals surface area contributed by atoms with Crippen LogP contribution in [0.4, 0.5) is 10.1 Å². The van der Waals surface area contributed by atoms with Crippen LogP contribution in [-0.2, 0) is 25.6 Å². The van der Waals surface area contributed by atoms with E-state index in [0.717, 1.165) is 18.4 Å². The predicted molar refractivity (Wildman–Crippen MR) is 126 cm³/mol. The van der Waals surface area contributed by atoms with Crippen molar-refractivity contribution in [2.75, 3.05) is 32.7 Å². The Morgan fingerprint density at radius 1 is 1.14 bits per heavy atom. The fourth-order valence-corrected chi connectivity index (χ4v) is 4.39. The number of anilines is 1. The van der Waals surface area contributed by atoms with Gasteiger partial charge in [-0.1, -0.05) is 12.1 Å². The monoisotopic (exact) mass is 482 g/mol. The summed E-state index contributed by atoms with van der Waals surface area (Å²) >= 11 is 0. The van der Waals surface area contributed by atoms with E-state index in [2.05, 4.69) is 10.3 Å². The van der Waals surface area contributed by atoms with Gasteiger partial charge < -0.3 is 24.3 Å². The second-order valence-corrected chi connectivity index (χ2v) is 8.40. The Morgan fingerprint density at radius 3 is 2.63 bits per heavy atom. The van der Waals surface area contributed by atoms with Gasteiger partial charge in [-0.2, -0.15) is 0 Å². The number of likely N-dealkylation sites (tertiary alicyclic amines) is 1. The van der Waals surface area contributed by atoms with Crippen molar-refractivity contribution >= 4 is 34.5 Å². The number of benzene rings is 2. The molecule has 1 aromatic heterocycles. The van der Waals surface area contributed by atoms with Crippen molar-refractivity contribution in [3.63, 3.8) is 0 Å². The van der Waals surface area contributed by atoms with E-state index in [9.17, 15) is 18.8 Å². The summed E-state index contributed by atoms with van der Waals surface area (Å²) in [7, 11) is 2.72. The first kappa shape index (κ1) is 24.3. The van der Waals surface area contributed by atoms with Gasteiger partial charge in [0, 0.05) is 25.9 Å². The largest absolute Gasteiger partial charge is 0.467 e. The summed E-state index contributed by atoms with van der Waals surface area (Å²) in [4.78, 5) is 44.4. The number of rotatable bonds is 7. The number of fused-ring (bicyclic) bond motifs is 1. The number of amides is 2. The van der Waals surface area contributed by atoms with Crippen molar-refractivity contribution < 1.29 is 28.2 Å². The number of hydrogen-bond acceptors (Lipinski definition) is 6. The molecule has 35 heavy (non-hydrogen) atoms. The third-order valence-corrected chi connectivity index (χ3v) is 6.01. The third kappa shape index (κ3) is 5.32. The first-order valence-electron chi connectivity index (χ1n) is 11.3. The van der Waals surface area contributed by atoms with Crippen LogP contribution in [0.3, 0.4) is 0 Å². The number of aromatic nitrogens is 2. The zero-order valence-corrected chi connectivity index (χ0v) is 19.6. The minimum atomic E-state index is -0.684. The lowest BCUT2D eigenvalue weighted by atomic mass is 10.00. The van der Waals surface area contributed by atoms with Crippen molar-refractivity contribution in [1.29, 1.82) is 0 Å². The first-order chi connectivity index (χ1) is 16.9. The van der Waals surface area contributed by atoms with Crippen LogP contribution in [0.2, 0.25) is 0 Å². The van der Waals surface area contributed by atoms with E-state index >= 15 is 0 Å². The Balaban J connectivity index is 1.78. The fraction of sp³-hybridized carbons (Fsp3) is 0.360. The van der Waals surface area contributed by atoms with Gasteiger partial charge >= 0.3 is 5.97 Å². The van der Waals surface area contributed by atoms with Gasteiger partial charge in [0.05, 0.1) is 30.0 Å². The average molecular weight is 483 g/mol. The van der Waals surface area contributed by atoms with E-state index < -0.39 is 12.0 Å². The summed E-state index contributed by atoms with van der Waals surface area (Å²) in [5.74, 6) is -1.52. The number of halogens is 1. The zero-order chi connectivity index (χ0) is 24.9. The lowest BCUT2D eigenvalue weighted by Gasteiger charge is -2.34. The van der Waals surface area contributed by atoms with Crippen LogP contribution in [0.1, 0.15) is 35.2 Å². The Morgan fingerprint density at radius 2 is 1.91 bits per heavy atom. The van der Waals surface area contributed by atoms with E-state index in [1.807, 2.05) is 0 Å². The van der Waals surface area contributed by atoms with Gasteiger partial charge in [0.25, 0.3) is 5.91 Å². The molecule has 0 aliphatic carbocycles. The average Bonchev–Trinajstić information content (AvgIpc) is 3.26. The van der Waals surface area contributed by atoms with Crippen LogP contribution in [-0.4, -0.2) is 65.6 Å². The van der Waals surface area contributed by atoms with Gasteiger partial charge in [-0.05, 0) is 49.1 Å². The maximum atomic E-state index is 13.8. The SMILES string of the molecule is COCC(=O)Nc1cc(C(=O)N2CCCC[C@@H]2C(=O)OC)c2c(c1)ncn2Cc1ccc(F)cc1. The molecule has 2 amide bonds. The van der Waals surface area contributed by atoms with E-state index in [4.69, 9.17) is 9.47 Å². The van der Waals surface area contributed by atoms with Gasteiger partial charge in [0.2, 0.25) is 5.91 Å². The van der Waals surface area contributed by atoms with E-state index in [1.165, 1.54) is 31.3 Å². The Labute approximate surface area is 201 Å². The molecule has 4 rings (SSSR count). The molecule has 1 saturated heterocycles. The Hall–Kier alpha value is -3.79. The topological polar surface area (TPSA) is 103 Å². The molecule has 9 nitrogen and oxygen atoms in total. The highest BCUT2D eigenvalue weighted by Gasteiger charge is 2.34. The number of ether oxygens (including phenoxy) is 2. The quantitative estimate of drug-likeness (QED) is 0.520. The van der Waals surface area contributed by atoms with Crippen LogP contribution >= 0.6 is 0 Å². The molecule has 1 fully saturated rings. The molecule has 10 heteroatoms. The van der Waals surface area contributed by atoms with E-state index in [0.29, 0.717) is 41.8 Å². The molecule has 2 heterocycles. The number of esters is 1. The molecule has 0 bridgehead atoms. The van der Waals surface area contributed by atoms with Gasteiger partial charge in [-0.3, -0.25) is 9.59 Å². The fourth-order valence-electron chi connectivity index (χ4n) is 4.39. The van der Waals surface area contributed by atoms with E-state index in [-0.39, 0.29) is 24.2 Å². The molecule has 1 aliphatic heterocycles. The van der Waals surface area contributed by atoms with Crippen molar-refractivity contribution in [3.8, 4) is 0 Å². The van der Waals surface area contributed by atoms with Gasteiger partial charge in [0.15, 0.2) is 0 Å². The number of nitrogens with one attached hydrogen (secondary N) is 1. The molecule has 184 valence electrons. The molecular weight excluding hydrogens is 455 g/mol. The van der Waals surface area contributed by atoms with Crippen LogP contribution in [0.25, 0.3) is 11.0 Å². The molecule has 0 unspecified atom stereocenters. The van der Waals surface area contributed by atoms with Crippen molar-refractivity contribution in [2.45, 2.75) is 31.8 Å². The molecule has 0 spiro atoms. The third-order valence-electron chi connectivity index (χ3n) is 6.01. The maximum Gasteiger partial charge on any atom is 0.328 e. The molecule has 1 atom stereocenters. The molecule has 3 aromatic rings. The summed E-state index contributed by atoms with van der Waals surface area (Å²) in [6, 6.07) is 8.66. The van der Waals surface area contributed by atoms with Gasteiger partial charge in [0.1, 0.15) is 18.5 Å². The highest BCUT2D eigenvalue weighted by Crippen LogP contribution is 2.28. The summed E-state index contributed by atoms with van der Waals surface area (Å²) in [5.41, 5.74) is 2.56. The zero-order valence-electron chi connectivity index (χ0n) is 19.6. The number of carbonyl (C=O) groups excluding carboxylic acids is 3. The Bertz CT molecular complexity index is 1240. The van der Waals surface area contributed by atoms with Crippen molar-refractivity contribution in [2.24, 2.45) is 0 Å². The summed E-state index contributed by atoms with van der Waals surface area (Å²) in [6.45, 7) is 0.621. The normalized spacial score (nSPS) is 15.7. The van der Waals surface area contributed by atoms with E-state index in [1.54, 1.807) is 35.2 Å². The van der Waals surface area contributed by atoms with Crippen LogP contribution in [0.15, 0.2) is 42.7 Å². The lowest BCUT2D eigenvalue weighted by molar-refractivity contribution is -0.147. The van der Waals surface area contributed by atoms with Crippen LogP contribution < -0.4 is 5.32 Å². The first-order valence-corrected chi connectivity index (χ1v) is 11.3. The molecule has 0 radical (unpaired) electrons. The van der Waals surface area contributed by atoms with Crippen molar-refractivity contribution in [3.05, 3.63) is 59.7 Å². The molecule has 1 aliphatic rings. The number of imidazole rings is 1. The van der Waals surface area contributed by atoms with Crippen LogP contribution in [0.5, 0.6) is 0 Å². The maximum absolute atomic E-state index is 13.8. The highest BCUT2D eigenvalue weighted by molar-refractivity contribution is 6.08. The number of methoxy groups -OCH3 is 2. The number of piperidine rings is 1. The number of nitrogens with zero attached hydrogens (tertiary/aromatic N) is 3. The Kier molecular flexibility index (Phi) is 7.40. The minimum absolute atomic E-state index is 0.142. The summed E-state index contributed by atoms with van der Waals surface area (Å²) in [5, 5.41) is 2.73. The van der Waals surface area contributed by atoms with Crippen molar-refractivity contribution in [1.82, 2.24) is 14.5 Å².